The van der Waals surface area contributed by atoms with Crippen molar-refractivity contribution in [3.05, 3.63) is 35.4 Å². The van der Waals surface area contributed by atoms with E-state index in [9.17, 15) is 0 Å². The van der Waals surface area contributed by atoms with Crippen LogP contribution in [0.2, 0.25) is 0 Å². The summed E-state index contributed by atoms with van der Waals surface area (Å²) in [5, 5.41) is 7.15. The summed E-state index contributed by atoms with van der Waals surface area (Å²) >= 11 is 0. The summed E-state index contributed by atoms with van der Waals surface area (Å²) in [6.07, 6.45) is 6.53. The summed E-state index contributed by atoms with van der Waals surface area (Å²) in [6, 6.07) is 9.62. The average Bonchev–Trinajstić information content (AvgIpc) is 2.42. The van der Waals surface area contributed by atoms with Crippen molar-refractivity contribution in [1.29, 1.82) is 0 Å². The van der Waals surface area contributed by atoms with Gasteiger partial charge in [-0.1, -0.05) is 36.2 Å². The van der Waals surface area contributed by atoms with Gasteiger partial charge in [-0.2, -0.15) is 0 Å². The molecule has 0 bridgehead atoms. The molecule has 0 spiro atoms. The zero-order valence-electron chi connectivity index (χ0n) is 11.5. The number of nitrogens with one attached hydrogen (secondary N) is 2. The molecule has 0 aromatic heterocycles. The van der Waals surface area contributed by atoms with Gasteiger partial charge in [-0.05, 0) is 57.8 Å². The van der Waals surface area contributed by atoms with E-state index in [1.807, 2.05) is 0 Å². The maximum Gasteiger partial charge on any atom is 0.00791 e. The van der Waals surface area contributed by atoms with Gasteiger partial charge in [-0.15, -0.1) is 0 Å². The van der Waals surface area contributed by atoms with Gasteiger partial charge in [0.25, 0.3) is 0 Å². The van der Waals surface area contributed by atoms with E-state index >= 15 is 0 Å². The van der Waals surface area contributed by atoms with Gasteiger partial charge in [0.1, 0.15) is 0 Å². The molecule has 1 heterocycles. The van der Waals surface area contributed by atoms with Crippen molar-refractivity contribution in [3.63, 3.8) is 0 Å². The van der Waals surface area contributed by atoms with E-state index in [1.165, 1.54) is 43.4 Å². The largest absolute Gasteiger partial charge is 0.316 e. The van der Waals surface area contributed by atoms with Crippen LogP contribution in [0.1, 0.15) is 36.8 Å². The van der Waals surface area contributed by atoms with Crippen LogP contribution in [-0.2, 0) is 6.42 Å². The Labute approximate surface area is 111 Å². The minimum absolute atomic E-state index is 0.755. The number of hydrogen-bond donors (Lipinski definition) is 2. The van der Waals surface area contributed by atoms with Gasteiger partial charge in [0.15, 0.2) is 0 Å². The molecule has 2 rings (SSSR count). The normalized spacial score (nSPS) is 19.9. The van der Waals surface area contributed by atoms with E-state index in [-0.39, 0.29) is 0 Å². The topological polar surface area (TPSA) is 24.1 Å². The molecule has 0 amide bonds. The highest BCUT2D eigenvalue weighted by atomic mass is 14.9. The number of piperidine rings is 1. The van der Waals surface area contributed by atoms with Crippen LogP contribution in [0.15, 0.2) is 24.3 Å². The standard InChI is InChI=1S/C16H26N2/c1-14-5-7-15(8-6-14)9-12-17-13-10-16-4-2-3-11-18-16/h5-8,16-18H,2-4,9-13H2,1H3. The molecule has 2 heteroatoms. The second-order valence-electron chi connectivity index (χ2n) is 5.42. The fourth-order valence-electron chi connectivity index (χ4n) is 2.56. The summed E-state index contributed by atoms with van der Waals surface area (Å²) in [5.41, 5.74) is 2.78. The Bertz CT molecular complexity index is 325. The summed E-state index contributed by atoms with van der Waals surface area (Å²) < 4.78 is 0. The molecule has 100 valence electrons. The number of hydrogen-bond acceptors (Lipinski definition) is 2. The number of aryl methyl sites for hydroxylation is 1. The second kappa shape index (κ2) is 7.55. The Morgan fingerprint density at radius 2 is 2.00 bits per heavy atom. The molecular formula is C16H26N2. The van der Waals surface area contributed by atoms with Crippen molar-refractivity contribution in [2.45, 2.75) is 45.1 Å². The molecule has 2 N–H and O–H groups in total. The highest BCUT2D eigenvalue weighted by molar-refractivity contribution is 5.21. The monoisotopic (exact) mass is 246 g/mol. The quantitative estimate of drug-likeness (QED) is 0.754. The molecule has 1 aliphatic heterocycles. The molecular weight excluding hydrogens is 220 g/mol. The van der Waals surface area contributed by atoms with E-state index in [2.05, 4.69) is 41.8 Å². The minimum Gasteiger partial charge on any atom is -0.316 e. The smallest absolute Gasteiger partial charge is 0.00791 e. The van der Waals surface area contributed by atoms with Gasteiger partial charge in [-0.3, -0.25) is 0 Å². The van der Waals surface area contributed by atoms with Crippen molar-refractivity contribution >= 4 is 0 Å². The van der Waals surface area contributed by atoms with Gasteiger partial charge in [0, 0.05) is 6.04 Å². The van der Waals surface area contributed by atoms with Crippen LogP contribution in [-0.4, -0.2) is 25.7 Å². The highest BCUT2D eigenvalue weighted by Crippen LogP contribution is 2.09. The van der Waals surface area contributed by atoms with Crippen LogP contribution in [0.5, 0.6) is 0 Å². The maximum atomic E-state index is 3.59. The fraction of sp³-hybridized carbons (Fsp3) is 0.625. The first-order chi connectivity index (χ1) is 8.84. The third-order valence-electron chi connectivity index (χ3n) is 3.79. The Hall–Kier alpha value is -0.860. The summed E-state index contributed by atoms with van der Waals surface area (Å²) in [4.78, 5) is 0. The van der Waals surface area contributed by atoms with Gasteiger partial charge in [0.05, 0.1) is 0 Å². The van der Waals surface area contributed by atoms with Crippen molar-refractivity contribution in [1.82, 2.24) is 10.6 Å². The average molecular weight is 246 g/mol. The zero-order chi connectivity index (χ0) is 12.6. The van der Waals surface area contributed by atoms with E-state index in [1.54, 1.807) is 0 Å². The van der Waals surface area contributed by atoms with Crippen LogP contribution in [0.25, 0.3) is 0 Å². The lowest BCUT2D eigenvalue weighted by Gasteiger charge is -2.23. The molecule has 1 aromatic carbocycles. The Balaban J connectivity index is 1.54. The Morgan fingerprint density at radius 3 is 2.72 bits per heavy atom. The Kier molecular flexibility index (Phi) is 5.69. The SMILES string of the molecule is Cc1ccc(CCNCCC2CCCCN2)cc1. The lowest BCUT2D eigenvalue weighted by atomic mass is 10.0. The van der Waals surface area contributed by atoms with Crippen molar-refractivity contribution in [2.24, 2.45) is 0 Å². The van der Waals surface area contributed by atoms with Crippen LogP contribution in [0.3, 0.4) is 0 Å². The molecule has 1 aliphatic rings. The molecule has 18 heavy (non-hydrogen) atoms. The van der Waals surface area contributed by atoms with Gasteiger partial charge >= 0.3 is 0 Å². The predicted octanol–water partition coefficient (Wildman–Crippen LogP) is 2.66. The molecule has 1 saturated heterocycles. The highest BCUT2D eigenvalue weighted by Gasteiger charge is 2.11. The molecule has 0 aliphatic carbocycles. The predicted molar refractivity (Wildman–Crippen MR) is 78.0 cm³/mol. The van der Waals surface area contributed by atoms with Crippen LogP contribution < -0.4 is 10.6 Å². The number of rotatable bonds is 6. The second-order valence-corrected chi connectivity index (χ2v) is 5.42. The minimum atomic E-state index is 0.755. The van der Waals surface area contributed by atoms with E-state index in [4.69, 9.17) is 0 Å². The first-order valence-electron chi connectivity index (χ1n) is 7.34. The molecule has 0 radical (unpaired) electrons. The van der Waals surface area contributed by atoms with E-state index in [0.29, 0.717) is 0 Å². The third-order valence-corrected chi connectivity index (χ3v) is 3.79. The fourth-order valence-corrected chi connectivity index (χ4v) is 2.56. The number of benzene rings is 1. The van der Waals surface area contributed by atoms with Crippen molar-refractivity contribution in [2.75, 3.05) is 19.6 Å². The Morgan fingerprint density at radius 1 is 1.17 bits per heavy atom. The first-order valence-corrected chi connectivity index (χ1v) is 7.34. The molecule has 0 saturated carbocycles. The van der Waals surface area contributed by atoms with Gasteiger partial charge in [0.2, 0.25) is 0 Å². The van der Waals surface area contributed by atoms with Crippen molar-refractivity contribution in [3.8, 4) is 0 Å². The summed E-state index contributed by atoms with van der Waals surface area (Å²) in [7, 11) is 0. The van der Waals surface area contributed by atoms with Gasteiger partial charge < -0.3 is 10.6 Å². The van der Waals surface area contributed by atoms with Gasteiger partial charge in [-0.25, -0.2) is 0 Å². The maximum absolute atomic E-state index is 3.59. The van der Waals surface area contributed by atoms with Crippen LogP contribution in [0, 0.1) is 6.92 Å². The summed E-state index contributed by atoms with van der Waals surface area (Å²) in [5.74, 6) is 0. The lowest BCUT2D eigenvalue weighted by molar-refractivity contribution is 0.377. The molecule has 1 atom stereocenters. The molecule has 1 unspecified atom stereocenters. The molecule has 2 nitrogen and oxygen atoms in total. The van der Waals surface area contributed by atoms with Crippen molar-refractivity contribution < 1.29 is 0 Å². The summed E-state index contributed by atoms with van der Waals surface area (Å²) in [6.45, 7) is 5.59. The first kappa shape index (κ1) is 13.6. The molecule has 1 aromatic rings. The molecule has 1 fully saturated rings. The lowest BCUT2D eigenvalue weighted by Crippen LogP contribution is -2.36. The third kappa shape index (κ3) is 4.79. The zero-order valence-corrected chi connectivity index (χ0v) is 11.5. The van der Waals surface area contributed by atoms with E-state index in [0.717, 1.165) is 25.6 Å². The van der Waals surface area contributed by atoms with E-state index < -0.39 is 0 Å². The van der Waals surface area contributed by atoms with Crippen LogP contribution in [0.4, 0.5) is 0 Å². The van der Waals surface area contributed by atoms with Crippen LogP contribution >= 0.6 is 0 Å².